The van der Waals surface area contributed by atoms with Gasteiger partial charge in [-0.25, -0.2) is 5.48 Å². The molecule has 0 bridgehead atoms. The lowest BCUT2D eigenvalue weighted by molar-refractivity contribution is 0.160. The Balaban J connectivity index is 2.41. The van der Waals surface area contributed by atoms with Gasteiger partial charge >= 0.3 is 0 Å². The molecule has 94 valence electrons. The van der Waals surface area contributed by atoms with Crippen LogP contribution in [0, 0.1) is 0 Å². The number of nitrogens with one attached hydrogen (secondary N) is 1. The summed E-state index contributed by atoms with van der Waals surface area (Å²) in [7, 11) is 0. The van der Waals surface area contributed by atoms with Crippen LogP contribution in [0.15, 0.2) is 12.1 Å². The van der Waals surface area contributed by atoms with Crippen LogP contribution in [0.5, 0.6) is 11.5 Å². The zero-order valence-electron chi connectivity index (χ0n) is 10.3. The molecule has 1 heterocycles. The summed E-state index contributed by atoms with van der Waals surface area (Å²) in [6.07, 6.45) is 0.902. The third-order valence-electron chi connectivity index (χ3n) is 2.90. The molecule has 4 heteroatoms. The van der Waals surface area contributed by atoms with E-state index in [-0.39, 0.29) is 0 Å². The third kappa shape index (κ3) is 2.70. The van der Waals surface area contributed by atoms with Crippen LogP contribution in [0.2, 0.25) is 0 Å². The molecule has 0 spiro atoms. The van der Waals surface area contributed by atoms with E-state index in [1.54, 1.807) is 0 Å². The van der Waals surface area contributed by atoms with Gasteiger partial charge < -0.3 is 14.7 Å². The zero-order chi connectivity index (χ0) is 12.3. The molecule has 0 aliphatic carbocycles. The summed E-state index contributed by atoms with van der Waals surface area (Å²) in [4.78, 5) is 0. The summed E-state index contributed by atoms with van der Waals surface area (Å²) in [6, 6.07) is 3.98. The van der Waals surface area contributed by atoms with Gasteiger partial charge in [-0.3, -0.25) is 0 Å². The largest absolute Gasteiger partial charge is 0.490 e. The van der Waals surface area contributed by atoms with E-state index < -0.39 is 0 Å². The lowest BCUT2D eigenvalue weighted by Gasteiger charge is -2.16. The van der Waals surface area contributed by atoms with Gasteiger partial charge in [0.2, 0.25) is 0 Å². The van der Waals surface area contributed by atoms with E-state index in [1.165, 1.54) is 5.56 Å². The highest BCUT2D eigenvalue weighted by Gasteiger charge is 2.16. The van der Waals surface area contributed by atoms with Gasteiger partial charge in [0.25, 0.3) is 0 Å². The van der Waals surface area contributed by atoms with Gasteiger partial charge in [0.15, 0.2) is 11.5 Å². The number of fused-ring (bicyclic) bond motifs is 1. The lowest BCUT2D eigenvalue weighted by atomic mass is 9.96. The van der Waals surface area contributed by atoms with Crippen LogP contribution >= 0.6 is 0 Å². The second-order valence-corrected chi connectivity index (χ2v) is 4.54. The maximum absolute atomic E-state index is 8.86. The fourth-order valence-electron chi connectivity index (χ4n) is 2.04. The molecule has 0 unspecified atom stereocenters. The molecule has 0 aromatic heterocycles. The van der Waals surface area contributed by atoms with Crippen LogP contribution in [0.25, 0.3) is 0 Å². The first-order valence-corrected chi connectivity index (χ1v) is 6.01. The number of hydrogen-bond acceptors (Lipinski definition) is 4. The number of hydroxylamine groups is 1. The maximum Gasteiger partial charge on any atom is 0.161 e. The first kappa shape index (κ1) is 12.2. The molecule has 1 aromatic rings. The molecule has 4 nitrogen and oxygen atoms in total. The van der Waals surface area contributed by atoms with E-state index >= 15 is 0 Å². The Morgan fingerprint density at radius 1 is 1.24 bits per heavy atom. The van der Waals surface area contributed by atoms with E-state index in [0.717, 1.165) is 23.5 Å². The van der Waals surface area contributed by atoms with Crippen LogP contribution in [-0.4, -0.2) is 18.4 Å². The minimum Gasteiger partial charge on any atom is -0.490 e. The molecule has 0 saturated heterocycles. The smallest absolute Gasteiger partial charge is 0.161 e. The summed E-state index contributed by atoms with van der Waals surface area (Å²) < 4.78 is 11.3. The SMILES string of the molecule is CC(C)c1cc2c(cc1CNO)OCCCO2. The van der Waals surface area contributed by atoms with E-state index in [2.05, 4.69) is 19.3 Å². The molecule has 0 fully saturated rings. The summed E-state index contributed by atoms with van der Waals surface area (Å²) in [6.45, 7) is 6.05. The van der Waals surface area contributed by atoms with Crippen LogP contribution in [0.4, 0.5) is 0 Å². The first-order valence-electron chi connectivity index (χ1n) is 6.01. The quantitative estimate of drug-likeness (QED) is 0.793. The minimum absolute atomic E-state index is 0.385. The van der Waals surface area contributed by atoms with Crippen molar-refractivity contribution in [2.45, 2.75) is 32.7 Å². The normalized spacial score (nSPS) is 14.8. The molecule has 1 aliphatic heterocycles. The van der Waals surface area contributed by atoms with Crippen molar-refractivity contribution in [3.05, 3.63) is 23.3 Å². The van der Waals surface area contributed by atoms with Crippen LogP contribution in [0.3, 0.4) is 0 Å². The van der Waals surface area contributed by atoms with Crippen molar-refractivity contribution in [3.63, 3.8) is 0 Å². The molecule has 2 rings (SSSR count). The Kier molecular flexibility index (Phi) is 3.86. The van der Waals surface area contributed by atoms with Crippen molar-refractivity contribution in [2.24, 2.45) is 0 Å². The fraction of sp³-hybridized carbons (Fsp3) is 0.538. The van der Waals surface area contributed by atoms with Gasteiger partial charge in [0, 0.05) is 13.0 Å². The molecule has 0 atom stereocenters. The minimum atomic E-state index is 0.385. The number of hydrogen-bond donors (Lipinski definition) is 2. The lowest BCUT2D eigenvalue weighted by Crippen LogP contribution is -2.10. The van der Waals surface area contributed by atoms with Crippen molar-refractivity contribution >= 4 is 0 Å². The summed E-state index contributed by atoms with van der Waals surface area (Å²) in [5.74, 6) is 1.97. The highest BCUT2D eigenvalue weighted by Crippen LogP contribution is 2.35. The molecule has 0 radical (unpaired) electrons. The number of rotatable bonds is 3. The molecule has 2 N–H and O–H groups in total. The summed E-state index contributed by atoms with van der Waals surface area (Å²) in [5, 5.41) is 8.86. The Bertz CT molecular complexity index is 390. The van der Waals surface area contributed by atoms with E-state index in [1.807, 2.05) is 12.1 Å². The van der Waals surface area contributed by atoms with Gasteiger partial charge in [-0.1, -0.05) is 13.8 Å². The van der Waals surface area contributed by atoms with Crippen LogP contribution < -0.4 is 15.0 Å². The number of ether oxygens (including phenoxy) is 2. The van der Waals surface area contributed by atoms with Crippen LogP contribution in [0.1, 0.15) is 37.3 Å². The summed E-state index contributed by atoms with van der Waals surface area (Å²) in [5.41, 5.74) is 4.43. The first-order chi connectivity index (χ1) is 8.22. The Morgan fingerprint density at radius 2 is 1.88 bits per heavy atom. The Morgan fingerprint density at radius 3 is 2.47 bits per heavy atom. The monoisotopic (exact) mass is 237 g/mol. The van der Waals surface area contributed by atoms with E-state index in [4.69, 9.17) is 14.7 Å². The van der Waals surface area contributed by atoms with Gasteiger partial charge in [-0.15, -0.1) is 0 Å². The molecule has 0 amide bonds. The van der Waals surface area contributed by atoms with Gasteiger partial charge in [0.05, 0.1) is 13.2 Å². The Labute approximate surface area is 102 Å². The second-order valence-electron chi connectivity index (χ2n) is 4.54. The standard InChI is InChI=1S/C13H19NO3/c1-9(2)11-7-13-12(6-10(11)8-14-15)16-4-3-5-17-13/h6-7,9,14-15H,3-5,8H2,1-2H3. The number of benzene rings is 1. The van der Waals surface area contributed by atoms with Gasteiger partial charge in [-0.2, -0.15) is 0 Å². The maximum atomic E-state index is 8.86. The molecule has 17 heavy (non-hydrogen) atoms. The van der Waals surface area contributed by atoms with E-state index in [9.17, 15) is 0 Å². The molecule has 1 aromatic carbocycles. The van der Waals surface area contributed by atoms with Crippen LogP contribution in [-0.2, 0) is 6.54 Å². The molecular weight excluding hydrogens is 218 g/mol. The van der Waals surface area contributed by atoms with Gasteiger partial charge in [0.1, 0.15) is 0 Å². The average Bonchev–Trinajstić information content (AvgIpc) is 2.52. The van der Waals surface area contributed by atoms with E-state index in [0.29, 0.717) is 25.7 Å². The van der Waals surface area contributed by atoms with Crippen molar-refractivity contribution in [2.75, 3.05) is 13.2 Å². The average molecular weight is 237 g/mol. The predicted octanol–water partition coefficient (Wildman–Crippen LogP) is 2.45. The molecule has 0 saturated carbocycles. The van der Waals surface area contributed by atoms with Crippen molar-refractivity contribution in [3.8, 4) is 11.5 Å². The third-order valence-corrected chi connectivity index (χ3v) is 2.90. The van der Waals surface area contributed by atoms with Crippen molar-refractivity contribution < 1.29 is 14.7 Å². The Hall–Kier alpha value is -1.26. The second kappa shape index (κ2) is 5.38. The van der Waals surface area contributed by atoms with Crippen molar-refractivity contribution in [1.82, 2.24) is 5.48 Å². The molecule has 1 aliphatic rings. The topological polar surface area (TPSA) is 50.7 Å². The zero-order valence-corrected chi connectivity index (χ0v) is 10.3. The fourth-order valence-corrected chi connectivity index (χ4v) is 2.04. The van der Waals surface area contributed by atoms with Crippen molar-refractivity contribution in [1.29, 1.82) is 0 Å². The highest BCUT2D eigenvalue weighted by molar-refractivity contribution is 5.48. The summed E-state index contributed by atoms with van der Waals surface area (Å²) >= 11 is 0. The predicted molar refractivity (Wildman–Crippen MR) is 64.8 cm³/mol. The molecular formula is C13H19NO3. The highest BCUT2D eigenvalue weighted by atomic mass is 16.5. The van der Waals surface area contributed by atoms with Gasteiger partial charge in [-0.05, 0) is 29.2 Å².